The lowest BCUT2D eigenvalue weighted by Gasteiger charge is -2.03. The van der Waals surface area contributed by atoms with Crippen LogP contribution in [0.2, 0.25) is 0 Å². The molecule has 0 fully saturated rings. The van der Waals surface area contributed by atoms with Crippen LogP contribution < -0.4 is 5.73 Å². The first kappa shape index (κ1) is 9.71. The second-order valence-electron chi connectivity index (χ2n) is 3.52. The molecule has 2 N–H and O–H groups in total. The maximum atomic E-state index is 5.92. The summed E-state index contributed by atoms with van der Waals surface area (Å²) in [6.07, 6.45) is 0.803. The number of anilines is 1. The van der Waals surface area contributed by atoms with Crippen molar-refractivity contribution in [1.29, 1.82) is 0 Å². The van der Waals surface area contributed by atoms with Crippen molar-refractivity contribution in [2.24, 2.45) is 0 Å². The highest BCUT2D eigenvalue weighted by Gasteiger charge is 2.08. The van der Waals surface area contributed by atoms with Crippen molar-refractivity contribution in [3.63, 3.8) is 0 Å². The standard InChI is InChI=1S/C11H14N4/c1-3-10-11(12)15(14-13-10)9-6-4-8(2)5-7-9/h4-7H,3,12H2,1-2H3. The van der Waals surface area contributed by atoms with E-state index in [9.17, 15) is 0 Å². The Balaban J connectivity index is 2.45. The molecule has 0 spiro atoms. The van der Waals surface area contributed by atoms with Crippen LogP contribution in [-0.4, -0.2) is 15.0 Å². The maximum Gasteiger partial charge on any atom is 0.151 e. The van der Waals surface area contributed by atoms with Crippen LogP contribution in [-0.2, 0) is 6.42 Å². The van der Waals surface area contributed by atoms with Crippen LogP contribution in [0, 0.1) is 6.92 Å². The van der Waals surface area contributed by atoms with Gasteiger partial charge in [-0.05, 0) is 25.5 Å². The van der Waals surface area contributed by atoms with E-state index in [1.54, 1.807) is 4.68 Å². The number of benzene rings is 1. The minimum absolute atomic E-state index is 0.626. The van der Waals surface area contributed by atoms with Crippen LogP contribution >= 0.6 is 0 Å². The van der Waals surface area contributed by atoms with E-state index >= 15 is 0 Å². The summed E-state index contributed by atoms with van der Waals surface area (Å²) in [5.41, 5.74) is 8.93. The van der Waals surface area contributed by atoms with Crippen molar-refractivity contribution < 1.29 is 0 Å². The lowest BCUT2D eigenvalue weighted by Crippen LogP contribution is -2.02. The van der Waals surface area contributed by atoms with Gasteiger partial charge in [0.15, 0.2) is 5.82 Å². The molecule has 0 aliphatic carbocycles. The Morgan fingerprint density at radius 3 is 2.47 bits per heavy atom. The van der Waals surface area contributed by atoms with Crippen LogP contribution in [0.5, 0.6) is 0 Å². The van der Waals surface area contributed by atoms with E-state index in [4.69, 9.17) is 5.73 Å². The number of aromatic nitrogens is 3. The number of aryl methyl sites for hydroxylation is 2. The Kier molecular flexibility index (Phi) is 2.41. The zero-order valence-corrected chi connectivity index (χ0v) is 8.94. The first-order chi connectivity index (χ1) is 7.22. The van der Waals surface area contributed by atoms with Gasteiger partial charge in [-0.15, -0.1) is 5.10 Å². The molecule has 1 heterocycles. The van der Waals surface area contributed by atoms with E-state index in [2.05, 4.69) is 10.3 Å². The molecule has 2 rings (SSSR count). The van der Waals surface area contributed by atoms with Gasteiger partial charge in [0.05, 0.1) is 5.69 Å². The zero-order chi connectivity index (χ0) is 10.8. The Bertz CT molecular complexity index is 456. The number of nitrogens with zero attached hydrogens (tertiary/aromatic N) is 3. The van der Waals surface area contributed by atoms with Crippen LogP contribution in [0.25, 0.3) is 5.69 Å². The van der Waals surface area contributed by atoms with E-state index in [0.29, 0.717) is 5.82 Å². The molecule has 1 aromatic heterocycles. The van der Waals surface area contributed by atoms with Crippen LogP contribution in [0.4, 0.5) is 5.82 Å². The molecule has 0 aliphatic heterocycles. The predicted molar refractivity (Wildman–Crippen MR) is 59.9 cm³/mol. The van der Waals surface area contributed by atoms with Crippen LogP contribution in [0.15, 0.2) is 24.3 Å². The lowest BCUT2D eigenvalue weighted by atomic mass is 10.2. The molecule has 0 saturated carbocycles. The Morgan fingerprint density at radius 1 is 1.27 bits per heavy atom. The highest BCUT2D eigenvalue weighted by Crippen LogP contribution is 2.15. The predicted octanol–water partition coefficient (Wildman–Crippen LogP) is 1.72. The molecule has 0 unspecified atom stereocenters. The summed E-state index contributed by atoms with van der Waals surface area (Å²) >= 11 is 0. The van der Waals surface area contributed by atoms with Gasteiger partial charge in [0.25, 0.3) is 0 Å². The van der Waals surface area contributed by atoms with Crippen molar-refractivity contribution in [3.8, 4) is 5.69 Å². The fourth-order valence-electron chi connectivity index (χ4n) is 1.45. The zero-order valence-electron chi connectivity index (χ0n) is 8.94. The first-order valence-corrected chi connectivity index (χ1v) is 4.99. The third-order valence-electron chi connectivity index (χ3n) is 2.39. The van der Waals surface area contributed by atoms with E-state index < -0.39 is 0 Å². The molecule has 78 valence electrons. The molecule has 0 aliphatic rings. The average Bonchev–Trinajstić information content (AvgIpc) is 2.61. The topological polar surface area (TPSA) is 56.7 Å². The molecular formula is C11H14N4. The average molecular weight is 202 g/mol. The van der Waals surface area contributed by atoms with Gasteiger partial charge in [0.1, 0.15) is 5.69 Å². The van der Waals surface area contributed by atoms with Gasteiger partial charge >= 0.3 is 0 Å². The van der Waals surface area contributed by atoms with Crippen molar-refractivity contribution in [2.45, 2.75) is 20.3 Å². The van der Waals surface area contributed by atoms with Crippen molar-refractivity contribution in [1.82, 2.24) is 15.0 Å². The summed E-state index contributed by atoms with van der Waals surface area (Å²) in [5, 5.41) is 8.05. The molecule has 0 bridgehead atoms. The summed E-state index contributed by atoms with van der Waals surface area (Å²) in [7, 11) is 0. The fourth-order valence-corrected chi connectivity index (χ4v) is 1.45. The summed E-state index contributed by atoms with van der Waals surface area (Å²) in [5.74, 6) is 0.626. The molecule has 15 heavy (non-hydrogen) atoms. The summed E-state index contributed by atoms with van der Waals surface area (Å²) in [6.45, 7) is 4.06. The molecule has 0 radical (unpaired) electrons. The first-order valence-electron chi connectivity index (χ1n) is 4.99. The second-order valence-corrected chi connectivity index (χ2v) is 3.52. The van der Waals surface area contributed by atoms with Gasteiger partial charge in [0, 0.05) is 0 Å². The van der Waals surface area contributed by atoms with Crippen molar-refractivity contribution in [2.75, 3.05) is 5.73 Å². The molecule has 0 atom stereocenters. The van der Waals surface area contributed by atoms with Gasteiger partial charge in [0.2, 0.25) is 0 Å². The molecule has 4 heteroatoms. The maximum absolute atomic E-state index is 5.92. The summed E-state index contributed by atoms with van der Waals surface area (Å²) in [6, 6.07) is 8.03. The summed E-state index contributed by atoms with van der Waals surface area (Å²) in [4.78, 5) is 0. The van der Waals surface area contributed by atoms with Crippen molar-refractivity contribution in [3.05, 3.63) is 35.5 Å². The molecular weight excluding hydrogens is 188 g/mol. The van der Waals surface area contributed by atoms with Crippen LogP contribution in [0.1, 0.15) is 18.2 Å². The lowest BCUT2D eigenvalue weighted by molar-refractivity contribution is 0.802. The van der Waals surface area contributed by atoms with Crippen LogP contribution in [0.3, 0.4) is 0 Å². The molecule has 0 amide bonds. The van der Waals surface area contributed by atoms with Crippen molar-refractivity contribution >= 4 is 5.82 Å². The minimum atomic E-state index is 0.626. The number of nitrogens with two attached hydrogens (primary N) is 1. The smallest absolute Gasteiger partial charge is 0.151 e. The monoisotopic (exact) mass is 202 g/mol. The van der Waals surface area contributed by atoms with E-state index in [-0.39, 0.29) is 0 Å². The Hall–Kier alpha value is -1.84. The molecule has 4 nitrogen and oxygen atoms in total. The normalized spacial score (nSPS) is 10.5. The van der Waals surface area contributed by atoms with Gasteiger partial charge in [-0.1, -0.05) is 29.8 Å². The van der Waals surface area contributed by atoms with Gasteiger partial charge in [-0.25, -0.2) is 0 Å². The van der Waals surface area contributed by atoms with Gasteiger partial charge in [-0.2, -0.15) is 4.68 Å². The largest absolute Gasteiger partial charge is 0.382 e. The Labute approximate surface area is 88.7 Å². The molecule has 1 aromatic carbocycles. The van der Waals surface area contributed by atoms with Gasteiger partial charge < -0.3 is 5.73 Å². The number of hydrogen-bond acceptors (Lipinski definition) is 3. The number of nitrogen functional groups attached to an aromatic ring is 1. The SMILES string of the molecule is CCc1nnn(-c2ccc(C)cc2)c1N. The highest BCUT2D eigenvalue weighted by atomic mass is 15.4. The van der Waals surface area contributed by atoms with E-state index in [0.717, 1.165) is 17.8 Å². The number of rotatable bonds is 2. The second kappa shape index (κ2) is 3.73. The van der Waals surface area contributed by atoms with E-state index in [1.807, 2.05) is 38.1 Å². The van der Waals surface area contributed by atoms with Gasteiger partial charge in [-0.3, -0.25) is 0 Å². The third-order valence-corrected chi connectivity index (χ3v) is 2.39. The molecule has 2 aromatic rings. The molecule has 0 saturated heterocycles. The number of hydrogen-bond donors (Lipinski definition) is 1. The quantitative estimate of drug-likeness (QED) is 0.806. The Morgan fingerprint density at radius 2 is 1.93 bits per heavy atom. The highest BCUT2D eigenvalue weighted by molar-refractivity contribution is 5.44. The van der Waals surface area contributed by atoms with E-state index in [1.165, 1.54) is 5.56 Å². The minimum Gasteiger partial charge on any atom is -0.382 e. The fraction of sp³-hybridized carbons (Fsp3) is 0.273. The third kappa shape index (κ3) is 1.70. The summed E-state index contributed by atoms with van der Waals surface area (Å²) < 4.78 is 1.66.